The second-order valence-electron chi connectivity index (χ2n) is 6.79. The van der Waals surface area contributed by atoms with Crippen molar-refractivity contribution in [2.75, 3.05) is 32.7 Å². The second kappa shape index (κ2) is 8.59. The monoisotopic (exact) mass is 299 g/mol. The third-order valence-electron chi connectivity index (χ3n) is 4.84. The van der Waals surface area contributed by atoms with Crippen molar-refractivity contribution in [3.63, 3.8) is 0 Å². The van der Waals surface area contributed by atoms with Gasteiger partial charge in [-0.15, -0.1) is 0 Å². The summed E-state index contributed by atoms with van der Waals surface area (Å²) in [7, 11) is 0. The fourth-order valence-corrected chi connectivity index (χ4v) is 2.51. The van der Waals surface area contributed by atoms with Crippen molar-refractivity contribution in [1.29, 1.82) is 0 Å². The standard InChI is InChI=1S/C16H33N3O2/c1-5-19-10-7-14(8-11-19)6-9-17-15(20)18-12-16(4,21)13(2)3/h13-14,21H,5-12H2,1-4H3,(H2,17,18,20). The van der Waals surface area contributed by atoms with E-state index in [1.54, 1.807) is 6.92 Å². The topological polar surface area (TPSA) is 64.6 Å². The summed E-state index contributed by atoms with van der Waals surface area (Å²) in [5.41, 5.74) is -0.857. The first-order chi connectivity index (χ1) is 9.85. The van der Waals surface area contributed by atoms with Crippen LogP contribution < -0.4 is 10.6 Å². The highest BCUT2D eigenvalue weighted by Crippen LogP contribution is 2.19. The summed E-state index contributed by atoms with van der Waals surface area (Å²) in [6, 6.07) is -0.179. The van der Waals surface area contributed by atoms with Gasteiger partial charge in [-0.25, -0.2) is 4.79 Å². The molecular formula is C16H33N3O2. The van der Waals surface area contributed by atoms with E-state index in [9.17, 15) is 9.90 Å². The highest BCUT2D eigenvalue weighted by Gasteiger charge is 2.25. The van der Waals surface area contributed by atoms with E-state index >= 15 is 0 Å². The summed E-state index contributed by atoms with van der Waals surface area (Å²) in [6.45, 7) is 12.4. The molecule has 1 unspecified atom stereocenters. The van der Waals surface area contributed by atoms with Crippen molar-refractivity contribution < 1.29 is 9.90 Å². The highest BCUT2D eigenvalue weighted by atomic mass is 16.3. The van der Waals surface area contributed by atoms with Gasteiger partial charge in [-0.1, -0.05) is 20.8 Å². The number of amides is 2. The summed E-state index contributed by atoms with van der Waals surface area (Å²) in [4.78, 5) is 14.2. The molecule has 124 valence electrons. The van der Waals surface area contributed by atoms with Crippen LogP contribution in [-0.2, 0) is 0 Å². The molecular weight excluding hydrogens is 266 g/mol. The maximum Gasteiger partial charge on any atom is 0.314 e. The Morgan fingerprint density at radius 1 is 1.33 bits per heavy atom. The summed E-state index contributed by atoms with van der Waals surface area (Å²) >= 11 is 0. The number of nitrogens with zero attached hydrogens (tertiary/aromatic N) is 1. The summed E-state index contributed by atoms with van der Waals surface area (Å²) in [6.07, 6.45) is 3.52. The predicted molar refractivity (Wildman–Crippen MR) is 86.3 cm³/mol. The van der Waals surface area contributed by atoms with Crippen LogP contribution >= 0.6 is 0 Å². The number of likely N-dealkylation sites (tertiary alicyclic amines) is 1. The Morgan fingerprint density at radius 3 is 2.48 bits per heavy atom. The van der Waals surface area contributed by atoms with Crippen LogP contribution in [-0.4, -0.2) is 54.4 Å². The van der Waals surface area contributed by atoms with Crippen molar-refractivity contribution in [3.8, 4) is 0 Å². The fraction of sp³-hybridized carbons (Fsp3) is 0.938. The number of piperidine rings is 1. The van der Waals surface area contributed by atoms with Crippen LogP contribution in [0.4, 0.5) is 4.79 Å². The number of carbonyl (C=O) groups is 1. The van der Waals surface area contributed by atoms with Gasteiger partial charge in [0.15, 0.2) is 0 Å². The molecule has 1 fully saturated rings. The van der Waals surface area contributed by atoms with Gasteiger partial charge in [-0.3, -0.25) is 0 Å². The number of aliphatic hydroxyl groups is 1. The highest BCUT2D eigenvalue weighted by molar-refractivity contribution is 5.73. The maximum absolute atomic E-state index is 11.7. The number of urea groups is 1. The Balaban J connectivity index is 2.11. The van der Waals surface area contributed by atoms with E-state index in [4.69, 9.17) is 0 Å². The molecule has 0 aromatic heterocycles. The molecule has 1 rings (SSSR count). The molecule has 1 heterocycles. The van der Waals surface area contributed by atoms with Crippen LogP contribution in [0.15, 0.2) is 0 Å². The van der Waals surface area contributed by atoms with Crippen molar-refractivity contribution in [3.05, 3.63) is 0 Å². The largest absolute Gasteiger partial charge is 0.388 e. The van der Waals surface area contributed by atoms with Crippen LogP contribution in [0.1, 0.15) is 47.0 Å². The molecule has 1 aliphatic rings. The average Bonchev–Trinajstić information content (AvgIpc) is 2.46. The van der Waals surface area contributed by atoms with E-state index in [1.165, 1.54) is 25.9 Å². The van der Waals surface area contributed by atoms with Crippen molar-refractivity contribution in [2.45, 2.75) is 52.6 Å². The summed E-state index contributed by atoms with van der Waals surface area (Å²) < 4.78 is 0. The Kier molecular flexibility index (Phi) is 7.46. The van der Waals surface area contributed by atoms with Crippen LogP contribution in [0.2, 0.25) is 0 Å². The van der Waals surface area contributed by atoms with Crippen LogP contribution in [0.5, 0.6) is 0 Å². The van der Waals surface area contributed by atoms with Crippen molar-refractivity contribution in [2.24, 2.45) is 11.8 Å². The van der Waals surface area contributed by atoms with Crippen molar-refractivity contribution in [1.82, 2.24) is 15.5 Å². The molecule has 0 aliphatic carbocycles. The molecule has 0 spiro atoms. The van der Waals surface area contributed by atoms with E-state index in [1.807, 2.05) is 13.8 Å². The quantitative estimate of drug-likeness (QED) is 0.672. The lowest BCUT2D eigenvalue weighted by Crippen LogP contribution is -2.47. The number of nitrogens with one attached hydrogen (secondary N) is 2. The number of hydrogen-bond donors (Lipinski definition) is 3. The zero-order valence-electron chi connectivity index (χ0n) is 14.1. The summed E-state index contributed by atoms with van der Waals surface area (Å²) in [5, 5.41) is 15.7. The molecule has 21 heavy (non-hydrogen) atoms. The molecule has 0 aromatic rings. The molecule has 2 amide bonds. The molecule has 3 N–H and O–H groups in total. The Bertz CT molecular complexity index is 311. The van der Waals surface area contributed by atoms with Gasteiger partial charge in [0.25, 0.3) is 0 Å². The van der Waals surface area contributed by atoms with E-state index < -0.39 is 5.60 Å². The van der Waals surface area contributed by atoms with E-state index in [-0.39, 0.29) is 18.5 Å². The number of carbonyl (C=O) groups excluding carboxylic acids is 1. The predicted octanol–water partition coefficient (Wildman–Crippen LogP) is 1.81. The van der Waals surface area contributed by atoms with Gasteiger partial charge in [0.2, 0.25) is 0 Å². The lowest BCUT2D eigenvalue weighted by Gasteiger charge is -2.31. The molecule has 0 radical (unpaired) electrons. The van der Waals surface area contributed by atoms with E-state index in [2.05, 4.69) is 22.5 Å². The minimum atomic E-state index is -0.857. The van der Waals surface area contributed by atoms with Crippen LogP contribution in [0.25, 0.3) is 0 Å². The molecule has 5 heteroatoms. The molecule has 1 atom stereocenters. The van der Waals surface area contributed by atoms with Gasteiger partial charge in [-0.05, 0) is 57.7 Å². The zero-order valence-corrected chi connectivity index (χ0v) is 14.1. The molecule has 0 bridgehead atoms. The van der Waals surface area contributed by atoms with Crippen LogP contribution in [0.3, 0.4) is 0 Å². The third kappa shape index (κ3) is 6.66. The van der Waals surface area contributed by atoms with Gasteiger partial charge in [0.05, 0.1) is 5.60 Å². The third-order valence-corrected chi connectivity index (χ3v) is 4.84. The maximum atomic E-state index is 11.7. The molecule has 5 nitrogen and oxygen atoms in total. The Hall–Kier alpha value is -0.810. The summed E-state index contributed by atoms with van der Waals surface area (Å²) in [5.74, 6) is 0.841. The molecule has 1 saturated heterocycles. The van der Waals surface area contributed by atoms with Gasteiger partial charge in [-0.2, -0.15) is 0 Å². The Labute approximate surface area is 129 Å². The number of hydrogen-bond acceptors (Lipinski definition) is 3. The lowest BCUT2D eigenvalue weighted by atomic mass is 9.93. The smallest absolute Gasteiger partial charge is 0.314 e. The van der Waals surface area contributed by atoms with Gasteiger partial charge in [0, 0.05) is 13.1 Å². The fourth-order valence-electron chi connectivity index (χ4n) is 2.51. The van der Waals surface area contributed by atoms with E-state index in [0.29, 0.717) is 6.54 Å². The molecule has 1 aliphatic heterocycles. The van der Waals surface area contributed by atoms with Gasteiger partial charge in [0.1, 0.15) is 0 Å². The van der Waals surface area contributed by atoms with Crippen LogP contribution in [0, 0.1) is 11.8 Å². The normalized spacial score (nSPS) is 20.3. The first kappa shape index (κ1) is 18.2. The SMILES string of the molecule is CCN1CCC(CCNC(=O)NCC(C)(O)C(C)C)CC1. The van der Waals surface area contributed by atoms with Gasteiger partial charge >= 0.3 is 6.03 Å². The molecule has 0 aromatic carbocycles. The minimum absolute atomic E-state index is 0.113. The second-order valence-corrected chi connectivity index (χ2v) is 6.79. The Morgan fingerprint density at radius 2 is 1.95 bits per heavy atom. The lowest BCUT2D eigenvalue weighted by molar-refractivity contribution is 0.0166. The average molecular weight is 299 g/mol. The minimum Gasteiger partial charge on any atom is -0.388 e. The number of rotatable bonds is 7. The van der Waals surface area contributed by atoms with Gasteiger partial charge < -0.3 is 20.6 Å². The first-order valence-electron chi connectivity index (χ1n) is 8.31. The first-order valence-corrected chi connectivity index (χ1v) is 8.31. The molecule has 0 saturated carbocycles. The zero-order chi connectivity index (χ0) is 15.9. The van der Waals surface area contributed by atoms with Crippen molar-refractivity contribution >= 4 is 6.03 Å². The van der Waals surface area contributed by atoms with E-state index in [0.717, 1.165) is 18.9 Å².